The summed E-state index contributed by atoms with van der Waals surface area (Å²) in [7, 11) is 1.83. The molecule has 4 rings (SSSR count). The molecule has 0 radical (unpaired) electrons. The van der Waals surface area contributed by atoms with Crippen molar-refractivity contribution < 1.29 is 27.1 Å². The number of amides is 1. The number of fused-ring (bicyclic) bond motifs is 1. The molecule has 0 saturated carbocycles. The zero-order valence-corrected chi connectivity index (χ0v) is 17.7. The van der Waals surface area contributed by atoms with Gasteiger partial charge in [-0.2, -0.15) is 17.9 Å². The lowest BCUT2D eigenvalue weighted by Crippen LogP contribution is -2.38. The van der Waals surface area contributed by atoms with Gasteiger partial charge in [-0.25, -0.2) is 4.39 Å². The highest BCUT2D eigenvalue weighted by Crippen LogP contribution is 2.31. The Balaban J connectivity index is 1.66. The van der Waals surface area contributed by atoms with E-state index in [0.29, 0.717) is 11.6 Å². The fourth-order valence-corrected chi connectivity index (χ4v) is 3.71. The number of carbonyl (C=O) groups excluding carboxylic acids is 1. The Morgan fingerprint density at radius 2 is 1.79 bits per heavy atom. The van der Waals surface area contributed by atoms with Crippen molar-refractivity contribution in [3.05, 3.63) is 94.8 Å². The Labute approximate surface area is 186 Å². The summed E-state index contributed by atoms with van der Waals surface area (Å²) in [5, 5.41) is 15.4. The molecule has 0 unspecified atom stereocenters. The third-order valence-electron chi connectivity index (χ3n) is 5.50. The maximum Gasteiger partial charge on any atom is 0.478 e. The van der Waals surface area contributed by atoms with Crippen LogP contribution in [-0.4, -0.2) is 10.5 Å². The monoisotopic (exact) mass is 457 g/mol. The quantitative estimate of drug-likeness (QED) is 0.263. The average Bonchev–Trinajstić information content (AvgIpc) is 3.13. The molecule has 5 nitrogen and oxygen atoms in total. The second-order valence-corrected chi connectivity index (χ2v) is 7.76. The summed E-state index contributed by atoms with van der Waals surface area (Å²) in [4.78, 5) is 13.0. The first kappa shape index (κ1) is 22.3. The number of nitrogens with one attached hydrogen (secondary N) is 1. The minimum atomic E-state index is -4.77. The lowest BCUT2D eigenvalue weighted by atomic mass is 9.98. The fourth-order valence-electron chi connectivity index (χ4n) is 3.71. The van der Waals surface area contributed by atoms with Gasteiger partial charge in [0.2, 0.25) is 0 Å². The van der Waals surface area contributed by atoms with Crippen LogP contribution in [-0.2, 0) is 13.2 Å². The Bertz CT molecular complexity index is 1340. The van der Waals surface area contributed by atoms with Crippen molar-refractivity contribution in [2.75, 3.05) is 0 Å². The molecule has 170 valence electrons. The van der Waals surface area contributed by atoms with Gasteiger partial charge >= 0.3 is 6.18 Å². The van der Waals surface area contributed by atoms with Crippen molar-refractivity contribution in [1.29, 1.82) is 0 Å². The molecule has 1 amide bonds. The van der Waals surface area contributed by atoms with E-state index in [1.807, 2.05) is 23.9 Å². The summed E-state index contributed by atoms with van der Waals surface area (Å²) in [6.07, 6.45) is -2.12. The van der Waals surface area contributed by atoms with Crippen LogP contribution in [0.2, 0.25) is 0 Å². The number of benzene rings is 2. The number of aromatic nitrogens is 2. The van der Waals surface area contributed by atoms with Gasteiger partial charge in [0.15, 0.2) is 6.20 Å². The minimum absolute atomic E-state index is 0.227. The number of hydrogen-bond donors (Lipinski definition) is 1. The molecule has 0 aliphatic rings. The first-order valence-corrected chi connectivity index (χ1v) is 10.0. The molecule has 2 aromatic heterocycles. The van der Waals surface area contributed by atoms with Crippen LogP contribution in [0.3, 0.4) is 0 Å². The molecular formula is C24H19F4N3O2. The van der Waals surface area contributed by atoms with Gasteiger partial charge in [0.1, 0.15) is 5.82 Å². The number of alkyl halides is 3. The highest BCUT2D eigenvalue weighted by atomic mass is 19.4. The minimum Gasteiger partial charge on any atom is -0.618 e. The molecule has 2 aromatic carbocycles. The summed E-state index contributed by atoms with van der Waals surface area (Å²) in [5.74, 6) is -0.843. The highest BCUT2D eigenvalue weighted by Gasteiger charge is 2.39. The summed E-state index contributed by atoms with van der Waals surface area (Å²) in [6, 6.07) is 12.3. The van der Waals surface area contributed by atoms with E-state index in [-0.39, 0.29) is 16.1 Å². The molecule has 1 atom stereocenters. The van der Waals surface area contributed by atoms with E-state index < -0.39 is 23.8 Å². The smallest absolute Gasteiger partial charge is 0.478 e. The number of rotatable bonds is 4. The van der Waals surface area contributed by atoms with Gasteiger partial charge in [0.25, 0.3) is 11.6 Å². The van der Waals surface area contributed by atoms with Gasteiger partial charge in [0, 0.05) is 41.3 Å². The SMILES string of the molecule is C[C@@H](NC(=O)c1cc(-c2ccc(F)cc2)c2ccn(C)c2c1)c1ccc(C(F)(F)F)[n+]([O-])c1. The normalized spacial score (nSPS) is 12.7. The Hall–Kier alpha value is -3.88. The largest absolute Gasteiger partial charge is 0.618 e. The molecule has 4 aromatic rings. The first-order valence-electron chi connectivity index (χ1n) is 10.0. The lowest BCUT2D eigenvalue weighted by molar-refractivity contribution is -0.629. The number of carbonyl (C=O) groups is 1. The van der Waals surface area contributed by atoms with E-state index in [2.05, 4.69) is 5.32 Å². The van der Waals surface area contributed by atoms with Gasteiger partial charge in [0.05, 0.1) is 6.04 Å². The van der Waals surface area contributed by atoms with Gasteiger partial charge in [-0.05, 0) is 54.4 Å². The number of hydrogen-bond acceptors (Lipinski definition) is 2. The van der Waals surface area contributed by atoms with Crippen LogP contribution in [0, 0.1) is 11.0 Å². The molecule has 1 N–H and O–H groups in total. The van der Waals surface area contributed by atoms with E-state index in [1.54, 1.807) is 31.2 Å². The lowest BCUT2D eigenvalue weighted by Gasteiger charge is -2.16. The molecule has 0 bridgehead atoms. The van der Waals surface area contributed by atoms with Gasteiger partial charge < -0.3 is 15.1 Å². The molecule has 0 spiro atoms. The number of halogens is 4. The van der Waals surface area contributed by atoms with Crippen LogP contribution >= 0.6 is 0 Å². The van der Waals surface area contributed by atoms with Crippen molar-refractivity contribution in [3.63, 3.8) is 0 Å². The van der Waals surface area contributed by atoms with Crippen molar-refractivity contribution in [3.8, 4) is 11.1 Å². The maximum atomic E-state index is 13.4. The number of nitrogens with zero attached hydrogens (tertiary/aromatic N) is 2. The van der Waals surface area contributed by atoms with E-state index in [4.69, 9.17) is 0 Å². The van der Waals surface area contributed by atoms with Gasteiger partial charge in [-0.15, -0.1) is 0 Å². The molecule has 0 aliphatic heterocycles. The van der Waals surface area contributed by atoms with Crippen LogP contribution in [0.4, 0.5) is 17.6 Å². The zero-order chi connectivity index (χ0) is 23.9. The van der Waals surface area contributed by atoms with Gasteiger partial charge in [-0.1, -0.05) is 12.1 Å². The summed E-state index contributed by atoms with van der Waals surface area (Å²) in [6.45, 7) is 1.57. The third kappa shape index (κ3) is 4.39. The van der Waals surface area contributed by atoms with Gasteiger partial charge in [-0.3, -0.25) is 4.79 Å². The molecule has 33 heavy (non-hydrogen) atoms. The number of pyridine rings is 1. The molecule has 0 saturated heterocycles. The summed E-state index contributed by atoms with van der Waals surface area (Å²) < 4.78 is 53.5. The Kier molecular flexibility index (Phi) is 5.57. The van der Waals surface area contributed by atoms with Crippen LogP contribution in [0.5, 0.6) is 0 Å². The Morgan fingerprint density at radius 1 is 1.09 bits per heavy atom. The van der Waals surface area contributed by atoms with E-state index in [1.165, 1.54) is 12.1 Å². The second kappa shape index (κ2) is 8.23. The van der Waals surface area contributed by atoms with Crippen molar-refractivity contribution in [1.82, 2.24) is 9.88 Å². The zero-order valence-electron chi connectivity index (χ0n) is 17.7. The summed E-state index contributed by atoms with van der Waals surface area (Å²) >= 11 is 0. The number of aryl methyl sites for hydroxylation is 1. The molecule has 0 fully saturated rings. The van der Waals surface area contributed by atoms with E-state index >= 15 is 0 Å². The molecule has 0 aliphatic carbocycles. The second-order valence-electron chi connectivity index (χ2n) is 7.76. The van der Waals surface area contributed by atoms with Crippen LogP contribution < -0.4 is 10.0 Å². The average molecular weight is 457 g/mol. The fraction of sp³-hybridized carbons (Fsp3) is 0.167. The predicted octanol–water partition coefficient (Wildman–Crippen LogP) is 5.13. The molecular weight excluding hydrogens is 438 g/mol. The van der Waals surface area contributed by atoms with Crippen LogP contribution in [0.1, 0.15) is 34.6 Å². The first-order chi connectivity index (χ1) is 15.5. The predicted molar refractivity (Wildman–Crippen MR) is 115 cm³/mol. The highest BCUT2D eigenvalue weighted by molar-refractivity contribution is 6.04. The van der Waals surface area contributed by atoms with Crippen LogP contribution in [0.25, 0.3) is 22.0 Å². The van der Waals surface area contributed by atoms with Crippen molar-refractivity contribution in [2.24, 2.45) is 7.05 Å². The Morgan fingerprint density at radius 3 is 2.42 bits per heavy atom. The standard InChI is InChI=1S/C24H19F4N3O2/c1-14(16-5-8-22(24(26,27)28)31(33)13-16)29-23(32)17-11-20(15-3-6-18(25)7-4-15)19-9-10-30(2)21(19)12-17/h3-14H,1-2H3,(H,29,32)/t14-/m1/s1. The summed E-state index contributed by atoms with van der Waals surface area (Å²) in [5.41, 5.74) is 1.45. The van der Waals surface area contributed by atoms with E-state index in [9.17, 15) is 27.6 Å². The topological polar surface area (TPSA) is 61.0 Å². The van der Waals surface area contributed by atoms with Crippen molar-refractivity contribution >= 4 is 16.8 Å². The molecule has 9 heteroatoms. The van der Waals surface area contributed by atoms with E-state index in [0.717, 1.165) is 34.3 Å². The molecule has 2 heterocycles. The third-order valence-corrected chi connectivity index (χ3v) is 5.50. The maximum absolute atomic E-state index is 13.4. The van der Waals surface area contributed by atoms with Crippen LogP contribution in [0.15, 0.2) is 67.0 Å². The van der Waals surface area contributed by atoms with Crippen molar-refractivity contribution in [2.45, 2.75) is 19.1 Å².